The van der Waals surface area contributed by atoms with Crippen molar-refractivity contribution in [1.82, 2.24) is 0 Å². The SMILES string of the molecule is O=C(O)C=C1SC=CS1. The van der Waals surface area contributed by atoms with Gasteiger partial charge in [0.15, 0.2) is 0 Å². The molecule has 0 aromatic rings. The average Bonchev–Trinajstić information content (AvgIpc) is 2.15. The fraction of sp³-hybridized carbons (Fsp3) is 0. The lowest BCUT2D eigenvalue weighted by Crippen LogP contribution is -1.86. The topological polar surface area (TPSA) is 37.3 Å². The summed E-state index contributed by atoms with van der Waals surface area (Å²) < 4.78 is 0.822. The highest BCUT2D eigenvalue weighted by Crippen LogP contribution is 2.36. The van der Waals surface area contributed by atoms with Crippen LogP contribution in [0.25, 0.3) is 0 Å². The van der Waals surface area contributed by atoms with Gasteiger partial charge in [0.25, 0.3) is 0 Å². The van der Waals surface area contributed by atoms with Crippen LogP contribution in [0.15, 0.2) is 21.1 Å². The van der Waals surface area contributed by atoms with E-state index in [1.807, 2.05) is 10.8 Å². The van der Waals surface area contributed by atoms with Crippen molar-refractivity contribution in [1.29, 1.82) is 0 Å². The van der Waals surface area contributed by atoms with Crippen LogP contribution in [0.5, 0.6) is 0 Å². The monoisotopic (exact) mass is 160 g/mol. The van der Waals surface area contributed by atoms with E-state index in [9.17, 15) is 4.79 Å². The Labute approximate surface area is 61.0 Å². The van der Waals surface area contributed by atoms with Crippen LogP contribution in [0.1, 0.15) is 0 Å². The lowest BCUT2D eigenvalue weighted by molar-refractivity contribution is -0.131. The minimum atomic E-state index is -0.881. The van der Waals surface area contributed by atoms with E-state index in [1.54, 1.807) is 0 Å². The first kappa shape index (κ1) is 6.77. The maximum Gasteiger partial charge on any atom is 0.329 e. The fourth-order valence-electron chi connectivity index (χ4n) is 0.386. The van der Waals surface area contributed by atoms with Gasteiger partial charge in [-0.15, -0.1) is 0 Å². The first-order chi connectivity index (χ1) is 4.29. The van der Waals surface area contributed by atoms with E-state index in [1.165, 1.54) is 29.6 Å². The van der Waals surface area contributed by atoms with Gasteiger partial charge < -0.3 is 5.11 Å². The number of hydrogen-bond donors (Lipinski definition) is 1. The van der Waals surface area contributed by atoms with Gasteiger partial charge in [0, 0.05) is 6.08 Å². The second-order valence-electron chi connectivity index (χ2n) is 1.31. The third kappa shape index (κ3) is 2.15. The Kier molecular flexibility index (Phi) is 2.24. The maximum atomic E-state index is 10.0. The molecule has 9 heavy (non-hydrogen) atoms. The molecule has 1 N–H and O–H groups in total. The third-order valence-electron chi connectivity index (χ3n) is 0.665. The summed E-state index contributed by atoms with van der Waals surface area (Å²) in [5.74, 6) is -0.881. The van der Waals surface area contributed by atoms with Gasteiger partial charge in [0.2, 0.25) is 0 Å². The van der Waals surface area contributed by atoms with Gasteiger partial charge in [-0.05, 0) is 10.8 Å². The first-order valence-corrected chi connectivity index (χ1v) is 3.98. The molecular weight excluding hydrogens is 156 g/mol. The molecule has 2 nitrogen and oxygen atoms in total. The van der Waals surface area contributed by atoms with Crippen molar-refractivity contribution in [3.8, 4) is 0 Å². The molecule has 0 saturated heterocycles. The predicted octanol–water partition coefficient (Wildman–Crippen LogP) is 1.86. The lowest BCUT2D eigenvalue weighted by atomic mass is 10.7. The Morgan fingerprint density at radius 3 is 2.56 bits per heavy atom. The summed E-state index contributed by atoms with van der Waals surface area (Å²) in [6, 6.07) is 0. The number of carbonyl (C=O) groups is 1. The lowest BCUT2D eigenvalue weighted by Gasteiger charge is -1.86. The molecule has 0 atom stereocenters. The zero-order valence-corrected chi connectivity index (χ0v) is 6.04. The van der Waals surface area contributed by atoms with Crippen LogP contribution in [0.4, 0.5) is 0 Å². The van der Waals surface area contributed by atoms with Gasteiger partial charge in [-0.3, -0.25) is 0 Å². The van der Waals surface area contributed by atoms with Crippen LogP contribution in [0.3, 0.4) is 0 Å². The highest BCUT2D eigenvalue weighted by molar-refractivity contribution is 8.27. The van der Waals surface area contributed by atoms with Crippen LogP contribution in [0, 0.1) is 0 Å². The fourth-order valence-corrected chi connectivity index (χ4v) is 1.99. The van der Waals surface area contributed by atoms with E-state index in [2.05, 4.69) is 0 Å². The third-order valence-corrected chi connectivity index (χ3v) is 2.66. The molecular formula is C5H4O2S2. The van der Waals surface area contributed by atoms with E-state index in [-0.39, 0.29) is 0 Å². The van der Waals surface area contributed by atoms with E-state index in [0.717, 1.165) is 4.24 Å². The number of carboxylic acids is 1. The average molecular weight is 160 g/mol. The van der Waals surface area contributed by atoms with Gasteiger partial charge in [0.05, 0.1) is 4.24 Å². The second kappa shape index (κ2) is 2.98. The van der Waals surface area contributed by atoms with E-state index >= 15 is 0 Å². The molecule has 1 aliphatic heterocycles. The van der Waals surface area contributed by atoms with Gasteiger partial charge in [-0.25, -0.2) is 4.79 Å². The normalized spacial score (nSPS) is 16.2. The molecule has 1 rings (SSSR count). The van der Waals surface area contributed by atoms with Crippen LogP contribution < -0.4 is 0 Å². The summed E-state index contributed by atoms with van der Waals surface area (Å²) in [7, 11) is 0. The molecule has 48 valence electrons. The van der Waals surface area contributed by atoms with Crippen LogP contribution >= 0.6 is 23.5 Å². The van der Waals surface area contributed by atoms with Crippen LogP contribution in [-0.2, 0) is 4.79 Å². The summed E-state index contributed by atoms with van der Waals surface area (Å²) in [6.07, 6.45) is 1.20. The quantitative estimate of drug-likeness (QED) is 0.594. The molecule has 0 spiro atoms. The number of aliphatic carboxylic acids is 1. The summed E-state index contributed by atoms with van der Waals surface area (Å²) in [5, 5.41) is 12.0. The smallest absolute Gasteiger partial charge is 0.329 e. The van der Waals surface area contributed by atoms with Crippen molar-refractivity contribution < 1.29 is 9.90 Å². The van der Waals surface area contributed by atoms with Crippen LogP contribution in [0.2, 0.25) is 0 Å². The van der Waals surface area contributed by atoms with Crippen molar-refractivity contribution in [2.75, 3.05) is 0 Å². The molecule has 0 aliphatic carbocycles. The predicted molar refractivity (Wildman–Crippen MR) is 40.0 cm³/mol. The van der Waals surface area contributed by atoms with E-state index < -0.39 is 5.97 Å². The van der Waals surface area contributed by atoms with Crippen molar-refractivity contribution in [3.63, 3.8) is 0 Å². The number of carboxylic acid groups (broad SMARTS) is 1. The molecule has 0 aromatic heterocycles. The minimum absolute atomic E-state index is 0.822. The van der Waals surface area contributed by atoms with Gasteiger partial charge in [-0.1, -0.05) is 23.5 Å². The van der Waals surface area contributed by atoms with Crippen molar-refractivity contribution in [2.24, 2.45) is 0 Å². The Balaban J connectivity index is 2.53. The number of thioether (sulfide) groups is 2. The Morgan fingerprint density at radius 1 is 1.56 bits per heavy atom. The van der Waals surface area contributed by atoms with Crippen molar-refractivity contribution in [3.05, 3.63) is 21.1 Å². The Bertz CT molecular complexity index is 173. The molecule has 0 bridgehead atoms. The molecule has 0 aromatic carbocycles. The molecule has 1 heterocycles. The summed E-state index contributed by atoms with van der Waals surface area (Å²) in [4.78, 5) is 10.0. The second-order valence-corrected chi connectivity index (χ2v) is 3.46. The zero-order chi connectivity index (χ0) is 6.69. The molecule has 0 amide bonds. The maximum absolute atomic E-state index is 10.0. The first-order valence-electron chi connectivity index (χ1n) is 2.22. The van der Waals surface area contributed by atoms with Gasteiger partial charge in [0.1, 0.15) is 0 Å². The number of hydrogen-bond acceptors (Lipinski definition) is 3. The van der Waals surface area contributed by atoms with E-state index in [0.29, 0.717) is 0 Å². The minimum Gasteiger partial charge on any atom is -0.478 e. The Morgan fingerprint density at radius 2 is 2.11 bits per heavy atom. The highest BCUT2D eigenvalue weighted by Gasteiger charge is 2.02. The van der Waals surface area contributed by atoms with E-state index in [4.69, 9.17) is 5.11 Å². The summed E-state index contributed by atoms with van der Waals surface area (Å²) in [5.41, 5.74) is 0. The Hall–Kier alpha value is -0.350. The van der Waals surface area contributed by atoms with Gasteiger partial charge in [-0.2, -0.15) is 0 Å². The van der Waals surface area contributed by atoms with Crippen LogP contribution in [-0.4, -0.2) is 11.1 Å². The molecule has 4 heteroatoms. The zero-order valence-electron chi connectivity index (χ0n) is 4.40. The molecule has 1 aliphatic rings. The molecule has 0 fully saturated rings. The standard InChI is InChI=1S/C5H4O2S2/c6-4(7)3-5-8-1-2-9-5/h1-3H,(H,6,7). The highest BCUT2D eigenvalue weighted by atomic mass is 32.2. The molecule has 0 unspecified atom stereocenters. The largest absolute Gasteiger partial charge is 0.478 e. The summed E-state index contributed by atoms with van der Waals surface area (Å²) in [6.45, 7) is 0. The molecule has 0 radical (unpaired) electrons. The van der Waals surface area contributed by atoms with Crippen molar-refractivity contribution in [2.45, 2.75) is 0 Å². The van der Waals surface area contributed by atoms with Crippen molar-refractivity contribution >= 4 is 29.5 Å². The number of rotatable bonds is 1. The summed E-state index contributed by atoms with van der Waals surface area (Å²) >= 11 is 2.87. The van der Waals surface area contributed by atoms with Gasteiger partial charge >= 0.3 is 5.97 Å². The molecule has 0 saturated carbocycles.